The highest BCUT2D eigenvalue weighted by molar-refractivity contribution is 7.09. The molecule has 0 fully saturated rings. The number of hydrogen-bond acceptors (Lipinski definition) is 4. The fraction of sp³-hybridized carbons (Fsp3) is 0.333. The Morgan fingerprint density at radius 2 is 2.10 bits per heavy atom. The van der Waals surface area contributed by atoms with Gasteiger partial charge in [-0.05, 0) is 19.1 Å². The zero-order valence-electron chi connectivity index (χ0n) is 11.7. The van der Waals surface area contributed by atoms with Gasteiger partial charge >= 0.3 is 0 Å². The van der Waals surface area contributed by atoms with Gasteiger partial charge in [0.05, 0.1) is 5.01 Å². The lowest BCUT2D eigenvalue weighted by Crippen LogP contribution is -2.33. The number of hydrogen-bond donors (Lipinski definition) is 0. The topological polar surface area (TPSA) is 42.4 Å². The molecule has 0 atom stereocenters. The molecule has 1 heterocycles. The molecule has 5 heteroatoms. The van der Waals surface area contributed by atoms with Gasteiger partial charge < -0.3 is 9.64 Å². The van der Waals surface area contributed by atoms with Gasteiger partial charge in [-0.25, -0.2) is 4.98 Å². The van der Waals surface area contributed by atoms with Gasteiger partial charge in [0.25, 0.3) is 5.91 Å². The van der Waals surface area contributed by atoms with Gasteiger partial charge in [0.1, 0.15) is 5.75 Å². The molecule has 0 saturated heterocycles. The van der Waals surface area contributed by atoms with Crippen molar-refractivity contribution in [2.75, 3.05) is 20.2 Å². The summed E-state index contributed by atoms with van der Waals surface area (Å²) >= 11 is 1.61. The van der Waals surface area contributed by atoms with Gasteiger partial charge in [-0.1, -0.05) is 17.7 Å². The van der Waals surface area contributed by atoms with Crippen molar-refractivity contribution in [1.29, 1.82) is 0 Å². The van der Waals surface area contributed by atoms with Gasteiger partial charge in [-0.3, -0.25) is 4.79 Å². The second kappa shape index (κ2) is 7.05. The summed E-state index contributed by atoms with van der Waals surface area (Å²) in [5.74, 6) is 0.694. The van der Waals surface area contributed by atoms with E-state index in [1.165, 1.54) is 5.56 Å². The molecule has 4 nitrogen and oxygen atoms in total. The molecule has 2 aromatic rings. The second-order valence-electron chi connectivity index (χ2n) is 4.59. The molecule has 0 spiro atoms. The first kappa shape index (κ1) is 14.5. The van der Waals surface area contributed by atoms with Crippen LogP contribution in [0, 0.1) is 6.92 Å². The maximum Gasteiger partial charge on any atom is 0.260 e. The van der Waals surface area contributed by atoms with Crippen molar-refractivity contribution in [2.45, 2.75) is 13.3 Å². The number of amides is 1. The lowest BCUT2D eigenvalue weighted by atomic mass is 10.2. The Kier molecular flexibility index (Phi) is 5.12. The predicted octanol–water partition coefficient (Wildman–Crippen LogP) is 2.53. The molecule has 0 bridgehead atoms. The van der Waals surface area contributed by atoms with Crippen molar-refractivity contribution >= 4 is 17.2 Å². The molecule has 20 heavy (non-hydrogen) atoms. The maximum absolute atomic E-state index is 11.9. The summed E-state index contributed by atoms with van der Waals surface area (Å²) in [5, 5.41) is 2.99. The molecule has 2 rings (SSSR count). The fourth-order valence-electron chi connectivity index (χ4n) is 1.65. The molecule has 1 aromatic heterocycles. The van der Waals surface area contributed by atoms with E-state index in [0.717, 1.165) is 17.2 Å². The molecule has 0 aliphatic carbocycles. The van der Waals surface area contributed by atoms with Crippen molar-refractivity contribution < 1.29 is 9.53 Å². The largest absolute Gasteiger partial charge is 0.484 e. The summed E-state index contributed by atoms with van der Waals surface area (Å²) < 4.78 is 5.48. The van der Waals surface area contributed by atoms with Crippen molar-refractivity contribution in [3.63, 3.8) is 0 Å². The average Bonchev–Trinajstić information content (AvgIpc) is 2.97. The number of nitrogens with zero attached hydrogens (tertiary/aromatic N) is 2. The molecule has 0 saturated carbocycles. The van der Waals surface area contributed by atoms with Gasteiger partial charge in [0.2, 0.25) is 0 Å². The van der Waals surface area contributed by atoms with E-state index < -0.39 is 0 Å². The normalized spacial score (nSPS) is 10.3. The molecule has 0 aliphatic heterocycles. The number of thiazole rings is 1. The molecule has 0 unspecified atom stereocenters. The summed E-state index contributed by atoms with van der Waals surface area (Å²) in [6.45, 7) is 2.74. The monoisotopic (exact) mass is 290 g/mol. The average molecular weight is 290 g/mol. The van der Waals surface area contributed by atoms with Crippen LogP contribution in [0.3, 0.4) is 0 Å². The van der Waals surface area contributed by atoms with Crippen LogP contribution in [-0.4, -0.2) is 36.0 Å². The lowest BCUT2D eigenvalue weighted by Gasteiger charge is -2.16. The Labute approximate surface area is 123 Å². The summed E-state index contributed by atoms with van der Waals surface area (Å²) in [4.78, 5) is 17.8. The molecule has 0 aliphatic rings. The third-order valence-electron chi connectivity index (χ3n) is 2.95. The summed E-state index contributed by atoms with van der Waals surface area (Å²) in [6.07, 6.45) is 2.56. The minimum Gasteiger partial charge on any atom is -0.484 e. The molecule has 1 amide bonds. The quantitative estimate of drug-likeness (QED) is 0.821. The number of carbonyl (C=O) groups is 1. The zero-order chi connectivity index (χ0) is 14.4. The molecule has 106 valence electrons. The number of aromatic nitrogens is 1. The van der Waals surface area contributed by atoms with Crippen LogP contribution in [-0.2, 0) is 11.2 Å². The number of aryl methyl sites for hydroxylation is 1. The standard InChI is InChI=1S/C15H18N2O2S/c1-12-3-5-13(6-4-12)19-11-15(18)17(2)9-7-14-16-8-10-20-14/h3-6,8,10H,7,9,11H2,1-2H3. The highest BCUT2D eigenvalue weighted by Gasteiger charge is 2.10. The maximum atomic E-state index is 11.9. The minimum atomic E-state index is -0.0258. The summed E-state index contributed by atoms with van der Waals surface area (Å²) in [7, 11) is 1.79. The SMILES string of the molecule is Cc1ccc(OCC(=O)N(C)CCc2nccs2)cc1. The Balaban J connectivity index is 1.74. The van der Waals surface area contributed by atoms with E-state index in [1.807, 2.05) is 36.6 Å². The highest BCUT2D eigenvalue weighted by atomic mass is 32.1. The minimum absolute atomic E-state index is 0.0258. The second-order valence-corrected chi connectivity index (χ2v) is 5.57. The lowest BCUT2D eigenvalue weighted by molar-refractivity contribution is -0.132. The first-order valence-electron chi connectivity index (χ1n) is 6.47. The van der Waals surface area contributed by atoms with Crippen LogP contribution in [0.1, 0.15) is 10.6 Å². The first-order chi connectivity index (χ1) is 9.65. The summed E-state index contributed by atoms with van der Waals surface area (Å²) in [5.41, 5.74) is 1.17. The van der Waals surface area contributed by atoms with Crippen molar-refractivity contribution in [3.05, 3.63) is 46.4 Å². The zero-order valence-corrected chi connectivity index (χ0v) is 12.5. The van der Waals surface area contributed by atoms with Crippen LogP contribution in [0.4, 0.5) is 0 Å². The van der Waals surface area contributed by atoms with Crippen LogP contribution in [0.5, 0.6) is 5.75 Å². The third-order valence-corrected chi connectivity index (χ3v) is 3.79. The van der Waals surface area contributed by atoms with E-state index in [-0.39, 0.29) is 12.5 Å². The third kappa shape index (κ3) is 4.35. The van der Waals surface area contributed by atoms with Gasteiger partial charge in [-0.2, -0.15) is 0 Å². The van der Waals surface area contributed by atoms with Gasteiger partial charge in [-0.15, -0.1) is 11.3 Å². The van der Waals surface area contributed by atoms with Crippen molar-refractivity contribution in [3.8, 4) is 5.75 Å². The Morgan fingerprint density at radius 1 is 1.35 bits per heavy atom. The van der Waals surface area contributed by atoms with E-state index in [4.69, 9.17) is 4.74 Å². The van der Waals surface area contributed by atoms with E-state index >= 15 is 0 Å². The molecule has 0 N–H and O–H groups in total. The highest BCUT2D eigenvalue weighted by Crippen LogP contribution is 2.11. The van der Waals surface area contributed by atoms with Crippen molar-refractivity contribution in [1.82, 2.24) is 9.88 Å². The van der Waals surface area contributed by atoms with E-state index in [2.05, 4.69) is 4.98 Å². The molecule has 0 radical (unpaired) electrons. The fourth-order valence-corrected chi connectivity index (χ4v) is 2.26. The van der Waals surface area contributed by atoms with Crippen molar-refractivity contribution in [2.24, 2.45) is 0 Å². The van der Waals surface area contributed by atoms with E-state index in [1.54, 1.807) is 29.5 Å². The Hall–Kier alpha value is -1.88. The van der Waals surface area contributed by atoms with Crippen LogP contribution < -0.4 is 4.74 Å². The number of likely N-dealkylation sites (N-methyl/N-ethyl adjacent to an activating group) is 1. The molecule has 1 aromatic carbocycles. The van der Waals surface area contributed by atoms with Crippen LogP contribution in [0.2, 0.25) is 0 Å². The van der Waals surface area contributed by atoms with E-state index in [9.17, 15) is 4.79 Å². The number of carbonyl (C=O) groups excluding carboxylic acids is 1. The van der Waals surface area contributed by atoms with Gasteiger partial charge in [0.15, 0.2) is 6.61 Å². The molecular formula is C15H18N2O2S. The molecular weight excluding hydrogens is 272 g/mol. The smallest absolute Gasteiger partial charge is 0.260 e. The van der Waals surface area contributed by atoms with Crippen LogP contribution in [0.25, 0.3) is 0 Å². The summed E-state index contributed by atoms with van der Waals surface area (Å²) in [6, 6.07) is 7.67. The van der Waals surface area contributed by atoms with Crippen LogP contribution >= 0.6 is 11.3 Å². The number of ether oxygens (including phenoxy) is 1. The van der Waals surface area contributed by atoms with E-state index in [0.29, 0.717) is 6.54 Å². The van der Waals surface area contributed by atoms with Crippen LogP contribution in [0.15, 0.2) is 35.8 Å². The Morgan fingerprint density at radius 3 is 2.75 bits per heavy atom. The van der Waals surface area contributed by atoms with Gasteiger partial charge in [0, 0.05) is 31.6 Å². The Bertz CT molecular complexity index is 538. The number of rotatable bonds is 6. The number of benzene rings is 1. The predicted molar refractivity (Wildman–Crippen MR) is 80.1 cm³/mol. The first-order valence-corrected chi connectivity index (χ1v) is 7.35.